The molecular weight excluding hydrogens is 373 g/mol. The molecule has 2 amide bonds. The molecule has 2 aromatic rings. The van der Waals surface area contributed by atoms with Gasteiger partial charge in [0.15, 0.2) is 0 Å². The molecule has 5 nitrogen and oxygen atoms in total. The highest BCUT2D eigenvalue weighted by Crippen LogP contribution is 2.30. The fraction of sp³-hybridized carbons (Fsp3) is 0.300. The van der Waals surface area contributed by atoms with E-state index in [4.69, 9.17) is 4.74 Å². The number of piperazine rings is 1. The summed E-state index contributed by atoms with van der Waals surface area (Å²) in [6, 6.07) is 10.3. The van der Waals surface area contributed by atoms with Gasteiger partial charge in [-0.05, 0) is 43.3 Å². The van der Waals surface area contributed by atoms with E-state index in [0.29, 0.717) is 11.4 Å². The standard InChI is InChI=1S/C20H19F3N2O3/c1-13-18(26)25(16-4-3-5-17(12-16)28-2)11-10-24(13)19(27)14-6-8-15(9-7-14)20(21,22)23/h3-9,12-13H,10-11H2,1-2H3. The van der Waals surface area contributed by atoms with Crippen LogP contribution in [0.25, 0.3) is 0 Å². The fourth-order valence-electron chi connectivity index (χ4n) is 3.15. The van der Waals surface area contributed by atoms with Crippen molar-refractivity contribution in [2.75, 3.05) is 25.1 Å². The summed E-state index contributed by atoms with van der Waals surface area (Å²) >= 11 is 0. The third kappa shape index (κ3) is 3.81. The molecule has 8 heteroatoms. The first-order chi connectivity index (χ1) is 13.2. The van der Waals surface area contributed by atoms with E-state index in [2.05, 4.69) is 0 Å². The van der Waals surface area contributed by atoms with Crippen molar-refractivity contribution in [3.8, 4) is 5.75 Å². The Bertz CT molecular complexity index is 881. The van der Waals surface area contributed by atoms with Crippen LogP contribution in [-0.2, 0) is 11.0 Å². The SMILES string of the molecule is COc1cccc(N2CCN(C(=O)c3ccc(C(F)(F)F)cc3)C(C)C2=O)c1. The van der Waals surface area contributed by atoms with E-state index in [9.17, 15) is 22.8 Å². The number of hydrogen-bond donors (Lipinski definition) is 0. The molecule has 0 radical (unpaired) electrons. The summed E-state index contributed by atoms with van der Waals surface area (Å²) in [7, 11) is 1.53. The Morgan fingerprint density at radius 1 is 1.11 bits per heavy atom. The molecule has 28 heavy (non-hydrogen) atoms. The van der Waals surface area contributed by atoms with Gasteiger partial charge in [0.2, 0.25) is 5.91 Å². The normalized spacial score (nSPS) is 17.6. The lowest BCUT2D eigenvalue weighted by atomic mass is 10.1. The number of ether oxygens (including phenoxy) is 1. The topological polar surface area (TPSA) is 49.9 Å². The molecule has 0 bridgehead atoms. The van der Waals surface area contributed by atoms with Gasteiger partial charge in [-0.25, -0.2) is 0 Å². The fourth-order valence-corrected chi connectivity index (χ4v) is 3.15. The van der Waals surface area contributed by atoms with Crippen LogP contribution < -0.4 is 9.64 Å². The number of anilines is 1. The van der Waals surface area contributed by atoms with Crippen molar-refractivity contribution < 1.29 is 27.5 Å². The van der Waals surface area contributed by atoms with Gasteiger partial charge in [-0.2, -0.15) is 13.2 Å². The van der Waals surface area contributed by atoms with Gasteiger partial charge in [0.25, 0.3) is 5.91 Å². The van der Waals surface area contributed by atoms with E-state index in [-0.39, 0.29) is 24.6 Å². The molecule has 0 saturated carbocycles. The predicted octanol–water partition coefficient (Wildman–Crippen LogP) is 3.59. The Morgan fingerprint density at radius 2 is 1.79 bits per heavy atom. The monoisotopic (exact) mass is 392 g/mol. The minimum Gasteiger partial charge on any atom is -0.497 e. The molecule has 1 heterocycles. The zero-order valence-electron chi connectivity index (χ0n) is 15.4. The Labute approximate surface area is 160 Å². The number of amides is 2. The number of carbonyl (C=O) groups excluding carboxylic acids is 2. The van der Waals surface area contributed by atoms with Gasteiger partial charge in [0.1, 0.15) is 11.8 Å². The minimum atomic E-state index is -4.47. The number of hydrogen-bond acceptors (Lipinski definition) is 3. The Hall–Kier alpha value is -3.03. The quantitative estimate of drug-likeness (QED) is 0.802. The van der Waals surface area contributed by atoms with Crippen LogP contribution in [0.5, 0.6) is 5.75 Å². The van der Waals surface area contributed by atoms with Crippen LogP contribution in [0.2, 0.25) is 0 Å². The summed E-state index contributed by atoms with van der Waals surface area (Å²) in [5.41, 5.74) is -0.0451. The highest BCUT2D eigenvalue weighted by molar-refractivity contribution is 6.03. The summed E-state index contributed by atoms with van der Waals surface area (Å²) in [5.74, 6) is -0.124. The van der Waals surface area contributed by atoms with Crippen LogP contribution in [0.3, 0.4) is 0 Å². The van der Waals surface area contributed by atoms with Gasteiger partial charge in [0, 0.05) is 30.4 Å². The number of rotatable bonds is 3. The van der Waals surface area contributed by atoms with Gasteiger partial charge in [-0.3, -0.25) is 9.59 Å². The van der Waals surface area contributed by atoms with E-state index in [1.165, 1.54) is 12.0 Å². The number of carbonyl (C=O) groups is 2. The van der Waals surface area contributed by atoms with Crippen molar-refractivity contribution in [1.29, 1.82) is 0 Å². The van der Waals surface area contributed by atoms with Crippen molar-refractivity contribution in [2.24, 2.45) is 0 Å². The summed E-state index contributed by atoms with van der Waals surface area (Å²) in [6.07, 6.45) is -4.47. The third-order valence-corrected chi connectivity index (χ3v) is 4.74. The molecule has 3 rings (SSSR count). The van der Waals surface area contributed by atoms with E-state index >= 15 is 0 Å². The number of nitrogens with zero attached hydrogens (tertiary/aromatic N) is 2. The van der Waals surface area contributed by atoms with Crippen LogP contribution in [0.15, 0.2) is 48.5 Å². The van der Waals surface area contributed by atoms with Gasteiger partial charge >= 0.3 is 6.18 Å². The maximum atomic E-state index is 12.8. The zero-order chi connectivity index (χ0) is 20.5. The van der Waals surface area contributed by atoms with Gasteiger partial charge in [-0.1, -0.05) is 6.07 Å². The maximum Gasteiger partial charge on any atom is 0.416 e. The second-order valence-electron chi connectivity index (χ2n) is 6.44. The van der Waals surface area contributed by atoms with Crippen molar-refractivity contribution in [1.82, 2.24) is 4.90 Å². The molecule has 1 aliphatic heterocycles. The van der Waals surface area contributed by atoms with E-state index < -0.39 is 23.7 Å². The molecule has 2 aromatic carbocycles. The molecule has 1 atom stereocenters. The molecule has 1 saturated heterocycles. The highest BCUT2D eigenvalue weighted by atomic mass is 19.4. The second kappa shape index (κ2) is 7.53. The Kier molecular flexibility index (Phi) is 5.31. The predicted molar refractivity (Wildman–Crippen MR) is 97.3 cm³/mol. The van der Waals surface area contributed by atoms with Crippen molar-refractivity contribution in [2.45, 2.75) is 19.1 Å². The first-order valence-corrected chi connectivity index (χ1v) is 8.66. The smallest absolute Gasteiger partial charge is 0.416 e. The first kappa shape index (κ1) is 19.7. The zero-order valence-corrected chi connectivity index (χ0v) is 15.4. The summed E-state index contributed by atoms with van der Waals surface area (Å²) in [6.45, 7) is 2.16. The van der Waals surface area contributed by atoms with Crippen molar-refractivity contribution in [3.05, 3.63) is 59.7 Å². The average Bonchev–Trinajstić information content (AvgIpc) is 2.69. The molecule has 1 fully saturated rings. The van der Waals surface area contributed by atoms with E-state index in [1.54, 1.807) is 36.1 Å². The second-order valence-corrected chi connectivity index (χ2v) is 6.44. The third-order valence-electron chi connectivity index (χ3n) is 4.74. The van der Waals surface area contributed by atoms with Crippen LogP contribution >= 0.6 is 0 Å². The summed E-state index contributed by atoms with van der Waals surface area (Å²) in [4.78, 5) is 28.5. The van der Waals surface area contributed by atoms with E-state index in [1.807, 2.05) is 0 Å². The average molecular weight is 392 g/mol. The lowest BCUT2D eigenvalue weighted by molar-refractivity contribution is -0.137. The molecule has 0 aliphatic carbocycles. The minimum absolute atomic E-state index is 0.113. The molecule has 1 unspecified atom stereocenters. The van der Waals surface area contributed by atoms with Gasteiger partial charge in [0.05, 0.1) is 12.7 Å². The first-order valence-electron chi connectivity index (χ1n) is 8.66. The summed E-state index contributed by atoms with van der Waals surface area (Å²) in [5, 5.41) is 0. The molecule has 0 N–H and O–H groups in total. The number of methoxy groups -OCH3 is 1. The van der Waals surface area contributed by atoms with Crippen LogP contribution in [0.1, 0.15) is 22.8 Å². The summed E-state index contributed by atoms with van der Waals surface area (Å²) < 4.78 is 43.3. The van der Waals surface area contributed by atoms with E-state index in [0.717, 1.165) is 24.3 Å². The largest absolute Gasteiger partial charge is 0.497 e. The lowest BCUT2D eigenvalue weighted by Gasteiger charge is -2.39. The molecule has 0 aromatic heterocycles. The molecule has 0 spiro atoms. The number of alkyl halides is 3. The van der Waals surface area contributed by atoms with Crippen LogP contribution in [0.4, 0.5) is 18.9 Å². The number of benzene rings is 2. The Morgan fingerprint density at radius 3 is 2.39 bits per heavy atom. The molecular formula is C20H19F3N2O3. The lowest BCUT2D eigenvalue weighted by Crippen LogP contribution is -2.57. The molecule has 1 aliphatic rings. The van der Waals surface area contributed by atoms with Crippen LogP contribution in [-0.4, -0.2) is 43.0 Å². The van der Waals surface area contributed by atoms with Crippen molar-refractivity contribution >= 4 is 17.5 Å². The van der Waals surface area contributed by atoms with Crippen LogP contribution in [0, 0.1) is 0 Å². The van der Waals surface area contributed by atoms with Crippen molar-refractivity contribution in [3.63, 3.8) is 0 Å². The maximum absolute atomic E-state index is 12.8. The highest BCUT2D eigenvalue weighted by Gasteiger charge is 2.36. The Balaban J connectivity index is 1.77. The van der Waals surface area contributed by atoms with Gasteiger partial charge < -0.3 is 14.5 Å². The number of halogens is 3. The molecule has 148 valence electrons. The van der Waals surface area contributed by atoms with Gasteiger partial charge in [-0.15, -0.1) is 0 Å².